The van der Waals surface area contributed by atoms with Crippen LogP contribution in [0.4, 0.5) is 5.88 Å². The Bertz CT molecular complexity index is 702. The van der Waals surface area contributed by atoms with Crippen molar-refractivity contribution in [2.24, 2.45) is 0 Å². The van der Waals surface area contributed by atoms with Crippen LogP contribution in [-0.4, -0.2) is 35.1 Å². The number of hydrogen-bond acceptors (Lipinski definition) is 7. The summed E-state index contributed by atoms with van der Waals surface area (Å²) in [6, 6.07) is 2.02. The number of thiophene rings is 1. The number of esters is 1. The number of nitrogens with zero attached hydrogens (tertiary/aromatic N) is 2. The maximum Gasteiger partial charge on any atom is 0.346 e. The van der Waals surface area contributed by atoms with Gasteiger partial charge in [-0.3, -0.25) is 4.79 Å². The zero-order valence-corrected chi connectivity index (χ0v) is 12.8. The fraction of sp³-hybridized carbons (Fsp3) is 0.357. The molecule has 7 nitrogen and oxygen atoms in total. The lowest BCUT2D eigenvalue weighted by Crippen LogP contribution is -2.38. The van der Waals surface area contributed by atoms with Crippen molar-refractivity contribution in [3.8, 4) is 0 Å². The molecule has 0 aliphatic carbocycles. The molecule has 1 aliphatic rings. The van der Waals surface area contributed by atoms with Gasteiger partial charge < -0.3 is 19.9 Å². The lowest BCUT2D eigenvalue weighted by atomic mass is 10.1. The number of ether oxygens (including phenoxy) is 1. The standard InChI is InChI=1S/C14H15N3O4S/c1-8-12(13(15)21-16-8)14(19)20-7-11(18)17-4-2-10-9(6-17)3-5-22-10/h3,5H,2,4,6-7,15H2,1H3. The topological polar surface area (TPSA) is 98.7 Å². The fourth-order valence-electron chi connectivity index (χ4n) is 2.39. The molecule has 0 atom stereocenters. The Morgan fingerprint density at radius 1 is 1.55 bits per heavy atom. The Morgan fingerprint density at radius 2 is 2.36 bits per heavy atom. The Labute approximate surface area is 130 Å². The van der Waals surface area contributed by atoms with Gasteiger partial charge in [-0.15, -0.1) is 11.3 Å². The number of hydrogen-bond donors (Lipinski definition) is 1. The van der Waals surface area contributed by atoms with Gasteiger partial charge in [-0.1, -0.05) is 5.16 Å². The average molecular weight is 321 g/mol. The zero-order valence-electron chi connectivity index (χ0n) is 12.0. The molecule has 116 valence electrons. The second-order valence-corrected chi connectivity index (χ2v) is 6.02. The molecular weight excluding hydrogens is 306 g/mol. The predicted octanol–water partition coefficient (Wildman–Crippen LogP) is 1.37. The number of rotatable bonds is 3. The first-order chi connectivity index (χ1) is 10.6. The SMILES string of the molecule is Cc1noc(N)c1C(=O)OCC(=O)N1CCc2sccc2C1. The van der Waals surface area contributed by atoms with Gasteiger partial charge in [0.15, 0.2) is 6.61 Å². The molecular formula is C14H15N3O4S. The summed E-state index contributed by atoms with van der Waals surface area (Å²) in [4.78, 5) is 27.1. The number of carbonyl (C=O) groups excluding carboxylic acids is 2. The van der Waals surface area contributed by atoms with Crippen molar-refractivity contribution in [3.05, 3.63) is 33.1 Å². The van der Waals surface area contributed by atoms with Crippen LogP contribution in [0.1, 0.15) is 26.5 Å². The third-order valence-corrected chi connectivity index (χ3v) is 4.60. The molecule has 0 saturated heterocycles. The Hall–Kier alpha value is -2.35. The summed E-state index contributed by atoms with van der Waals surface area (Å²) in [5.74, 6) is -1.02. The highest BCUT2D eigenvalue weighted by Crippen LogP contribution is 2.24. The number of fused-ring (bicyclic) bond motifs is 1. The Kier molecular flexibility index (Phi) is 3.84. The maximum atomic E-state index is 12.2. The molecule has 8 heteroatoms. The van der Waals surface area contributed by atoms with Crippen molar-refractivity contribution in [1.82, 2.24) is 10.1 Å². The molecule has 1 aliphatic heterocycles. The van der Waals surface area contributed by atoms with Crippen molar-refractivity contribution in [1.29, 1.82) is 0 Å². The number of aryl methyl sites for hydroxylation is 1. The van der Waals surface area contributed by atoms with Gasteiger partial charge in [0.05, 0.1) is 5.69 Å². The first-order valence-corrected chi connectivity index (χ1v) is 7.66. The minimum Gasteiger partial charge on any atom is -0.452 e. The monoisotopic (exact) mass is 321 g/mol. The maximum absolute atomic E-state index is 12.2. The van der Waals surface area contributed by atoms with E-state index in [9.17, 15) is 9.59 Å². The molecule has 0 spiro atoms. The number of nitrogen functional groups attached to an aromatic ring is 1. The molecule has 22 heavy (non-hydrogen) atoms. The lowest BCUT2D eigenvalue weighted by molar-refractivity contribution is -0.135. The molecule has 0 aromatic carbocycles. The van der Waals surface area contributed by atoms with Gasteiger partial charge in [0.25, 0.3) is 5.91 Å². The van der Waals surface area contributed by atoms with Crippen LogP contribution in [0.15, 0.2) is 16.0 Å². The number of nitrogens with two attached hydrogens (primary N) is 1. The van der Waals surface area contributed by atoms with Crippen molar-refractivity contribution >= 4 is 29.1 Å². The van der Waals surface area contributed by atoms with Crippen LogP contribution >= 0.6 is 11.3 Å². The molecule has 2 N–H and O–H groups in total. The van der Waals surface area contributed by atoms with Crippen LogP contribution in [0, 0.1) is 6.92 Å². The van der Waals surface area contributed by atoms with Gasteiger partial charge in [-0.2, -0.15) is 0 Å². The highest BCUT2D eigenvalue weighted by molar-refractivity contribution is 7.10. The van der Waals surface area contributed by atoms with Crippen LogP contribution in [0.3, 0.4) is 0 Å². The quantitative estimate of drug-likeness (QED) is 0.857. The van der Waals surface area contributed by atoms with Crippen LogP contribution in [0.5, 0.6) is 0 Å². The second-order valence-electron chi connectivity index (χ2n) is 5.02. The van der Waals surface area contributed by atoms with E-state index in [4.69, 9.17) is 15.0 Å². The van der Waals surface area contributed by atoms with Crippen molar-refractivity contribution in [2.75, 3.05) is 18.9 Å². The van der Waals surface area contributed by atoms with Gasteiger partial charge in [0, 0.05) is 18.0 Å². The molecule has 2 aromatic rings. The van der Waals surface area contributed by atoms with E-state index in [0.29, 0.717) is 18.8 Å². The summed E-state index contributed by atoms with van der Waals surface area (Å²) in [5.41, 5.74) is 7.09. The summed E-state index contributed by atoms with van der Waals surface area (Å²) < 4.78 is 9.73. The molecule has 2 aromatic heterocycles. The minimum absolute atomic E-state index is 0.0755. The van der Waals surface area contributed by atoms with E-state index in [1.54, 1.807) is 23.2 Å². The molecule has 0 radical (unpaired) electrons. The fourth-order valence-corrected chi connectivity index (χ4v) is 3.28. The van der Waals surface area contributed by atoms with Crippen molar-refractivity contribution in [2.45, 2.75) is 19.9 Å². The van der Waals surface area contributed by atoms with E-state index in [1.807, 2.05) is 11.4 Å². The molecule has 0 bridgehead atoms. The number of amides is 1. The summed E-state index contributed by atoms with van der Waals surface area (Å²) in [6.45, 7) is 2.46. The Balaban J connectivity index is 1.58. The summed E-state index contributed by atoms with van der Waals surface area (Å²) in [7, 11) is 0. The van der Waals surface area contributed by atoms with Crippen molar-refractivity contribution in [3.63, 3.8) is 0 Å². The molecule has 0 fully saturated rings. The van der Waals surface area contributed by atoms with E-state index in [0.717, 1.165) is 12.0 Å². The van der Waals surface area contributed by atoms with Crippen LogP contribution in [0.2, 0.25) is 0 Å². The predicted molar refractivity (Wildman–Crippen MR) is 79.4 cm³/mol. The molecule has 3 rings (SSSR count). The van der Waals surface area contributed by atoms with Crippen LogP contribution in [-0.2, 0) is 22.5 Å². The first-order valence-electron chi connectivity index (χ1n) is 6.78. The van der Waals surface area contributed by atoms with E-state index < -0.39 is 5.97 Å². The van der Waals surface area contributed by atoms with E-state index in [1.165, 1.54) is 4.88 Å². The number of aromatic nitrogens is 1. The molecule has 1 amide bonds. The van der Waals surface area contributed by atoms with Gasteiger partial charge in [-0.25, -0.2) is 4.79 Å². The highest BCUT2D eigenvalue weighted by Gasteiger charge is 2.24. The minimum atomic E-state index is -0.696. The summed E-state index contributed by atoms with van der Waals surface area (Å²) in [5, 5.41) is 5.60. The van der Waals surface area contributed by atoms with Crippen LogP contribution < -0.4 is 5.73 Å². The van der Waals surface area contributed by atoms with Gasteiger partial charge >= 0.3 is 5.97 Å². The summed E-state index contributed by atoms with van der Waals surface area (Å²) in [6.07, 6.45) is 0.838. The molecule has 3 heterocycles. The van der Waals surface area contributed by atoms with E-state index in [2.05, 4.69) is 5.16 Å². The summed E-state index contributed by atoms with van der Waals surface area (Å²) >= 11 is 1.70. The third-order valence-electron chi connectivity index (χ3n) is 3.58. The van der Waals surface area contributed by atoms with E-state index in [-0.39, 0.29) is 24.0 Å². The molecule has 0 saturated carbocycles. The van der Waals surface area contributed by atoms with Gasteiger partial charge in [0.2, 0.25) is 5.88 Å². The zero-order chi connectivity index (χ0) is 15.7. The van der Waals surface area contributed by atoms with Crippen LogP contribution in [0.25, 0.3) is 0 Å². The van der Waals surface area contributed by atoms with Crippen molar-refractivity contribution < 1.29 is 18.8 Å². The lowest BCUT2D eigenvalue weighted by Gasteiger charge is -2.26. The first kappa shape index (κ1) is 14.6. The largest absolute Gasteiger partial charge is 0.452 e. The second kappa shape index (κ2) is 5.80. The molecule has 0 unspecified atom stereocenters. The van der Waals surface area contributed by atoms with Gasteiger partial charge in [-0.05, 0) is 30.4 Å². The van der Waals surface area contributed by atoms with Gasteiger partial charge in [0.1, 0.15) is 5.56 Å². The Morgan fingerprint density at radius 3 is 3.09 bits per heavy atom. The number of carbonyl (C=O) groups is 2. The third kappa shape index (κ3) is 2.69. The average Bonchev–Trinajstić information content (AvgIpc) is 3.10. The highest BCUT2D eigenvalue weighted by atomic mass is 32.1. The van der Waals surface area contributed by atoms with E-state index >= 15 is 0 Å². The normalized spacial score (nSPS) is 13.8. The smallest absolute Gasteiger partial charge is 0.346 e. The number of anilines is 1.